The Morgan fingerprint density at radius 1 is 1.14 bits per heavy atom. The van der Waals surface area contributed by atoms with Crippen LogP contribution in [-0.4, -0.2) is 28.1 Å². The molecule has 0 spiro atoms. The summed E-state index contributed by atoms with van der Waals surface area (Å²) in [5.41, 5.74) is 2.83. The van der Waals surface area contributed by atoms with Crippen molar-refractivity contribution in [1.29, 1.82) is 0 Å². The van der Waals surface area contributed by atoms with Gasteiger partial charge >= 0.3 is 0 Å². The predicted octanol–water partition coefficient (Wildman–Crippen LogP) is 3.26. The molecule has 1 N–H and O–H groups in total. The molecule has 1 aromatic carbocycles. The Morgan fingerprint density at radius 2 is 1.95 bits per heavy atom. The van der Waals surface area contributed by atoms with Gasteiger partial charge in [-0.2, -0.15) is 0 Å². The van der Waals surface area contributed by atoms with Crippen molar-refractivity contribution in [3.63, 3.8) is 0 Å². The molecule has 116 valence electrons. The highest BCUT2D eigenvalue weighted by Crippen LogP contribution is 2.32. The summed E-state index contributed by atoms with van der Waals surface area (Å²) in [5, 5.41) is 11.0. The van der Waals surface area contributed by atoms with Crippen molar-refractivity contribution < 1.29 is 5.11 Å². The first-order valence-corrected chi connectivity index (χ1v) is 8.06. The third-order valence-electron chi connectivity index (χ3n) is 4.56. The van der Waals surface area contributed by atoms with E-state index in [0.29, 0.717) is 0 Å². The Bertz CT molecular complexity index is 614. The van der Waals surface area contributed by atoms with Crippen LogP contribution in [-0.2, 0) is 12.1 Å². The van der Waals surface area contributed by atoms with Crippen LogP contribution in [0, 0.1) is 6.92 Å². The van der Waals surface area contributed by atoms with Crippen molar-refractivity contribution >= 4 is 0 Å². The largest absolute Gasteiger partial charge is 0.385 e. The Balaban J connectivity index is 1.67. The molecule has 1 saturated heterocycles. The Labute approximate surface area is 132 Å². The van der Waals surface area contributed by atoms with E-state index in [1.165, 1.54) is 11.1 Å². The Hall–Kier alpha value is -1.71. The van der Waals surface area contributed by atoms with E-state index in [1.54, 1.807) is 0 Å². The maximum atomic E-state index is 11.0. The number of hydrogen-bond acceptors (Lipinski definition) is 3. The topological polar surface area (TPSA) is 36.4 Å². The summed E-state index contributed by atoms with van der Waals surface area (Å²) in [5.74, 6) is 0. The van der Waals surface area contributed by atoms with Crippen LogP contribution in [0.2, 0.25) is 0 Å². The van der Waals surface area contributed by atoms with Gasteiger partial charge in [-0.15, -0.1) is 0 Å². The van der Waals surface area contributed by atoms with Crippen molar-refractivity contribution in [2.24, 2.45) is 0 Å². The lowest BCUT2D eigenvalue weighted by Crippen LogP contribution is -2.29. The Kier molecular flexibility index (Phi) is 4.55. The molecule has 0 aliphatic carbocycles. The smallest absolute Gasteiger partial charge is 0.0909 e. The molecule has 2 aromatic rings. The molecule has 1 fully saturated rings. The van der Waals surface area contributed by atoms with Crippen LogP contribution in [0.5, 0.6) is 0 Å². The number of benzene rings is 1. The number of hydrogen-bond donors (Lipinski definition) is 1. The summed E-state index contributed by atoms with van der Waals surface area (Å²) in [6, 6.07) is 12.3. The minimum Gasteiger partial charge on any atom is -0.385 e. The molecular weight excluding hydrogens is 272 g/mol. The molecule has 0 radical (unpaired) electrons. The average Bonchev–Trinajstić information content (AvgIpc) is 2.71. The van der Waals surface area contributed by atoms with Gasteiger partial charge in [0, 0.05) is 25.5 Å². The van der Waals surface area contributed by atoms with Gasteiger partial charge in [0.25, 0.3) is 0 Å². The van der Waals surface area contributed by atoms with Gasteiger partial charge in [-0.1, -0.05) is 36.4 Å². The molecule has 1 aliphatic heterocycles. The van der Waals surface area contributed by atoms with E-state index < -0.39 is 5.60 Å². The summed E-state index contributed by atoms with van der Waals surface area (Å²) in [6.07, 6.45) is 6.47. The van der Waals surface area contributed by atoms with E-state index in [-0.39, 0.29) is 0 Å². The molecule has 1 unspecified atom stereocenters. The predicted molar refractivity (Wildman–Crippen MR) is 88.4 cm³/mol. The van der Waals surface area contributed by atoms with Crippen LogP contribution in [0.3, 0.4) is 0 Å². The molecule has 1 aliphatic rings. The summed E-state index contributed by atoms with van der Waals surface area (Å²) in [7, 11) is 0. The summed E-state index contributed by atoms with van der Waals surface area (Å²) < 4.78 is 0. The van der Waals surface area contributed by atoms with E-state index in [2.05, 4.69) is 22.9 Å². The summed E-state index contributed by atoms with van der Waals surface area (Å²) >= 11 is 0. The summed E-state index contributed by atoms with van der Waals surface area (Å²) in [4.78, 5) is 6.70. The van der Waals surface area contributed by atoms with Crippen molar-refractivity contribution in [2.75, 3.05) is 13.1 Å². The number of pyridine rings is 1. The quantitative estimate of drug-likeness (QED) is 0.944. The van der Waals surface area contributed by atoms with Crippen LogP contribution in [0.15, 0.2) is 48.8 Å². The molecule has 0 bridgehead atoms. The number of nitrogens with zero attached hydrogens (tertiary/aromatic N) is 2. The lowest BCUT2D eigenvalue weighted by atomic mass is 9.87. The molecule has 0 saturated carbocycles. The number of aryl methyl sites for hydroxylation is 1. The lowest BCUT2D eigenvalue weighted by molar-refractivity contribution is 0.0210. The van der Waals surface area contributed by atoms with Gasteiger partial charge in [0.05, 0.1) is 5.60 Å². The van der Waals surface area contributed by atoms with Gasteiger partial charge in [0.15, 0.2) is 0 Å². The number of aliphatic hydroxyl groups is 1. The zero-order valence-electron chi connectivity index (χ0n) is 13.2. The number of likely N-dealkylation sites (tertiary alicyclic amines) is 1. The first-order chi connectivity index (χ1) is 10.7. The van der Waals surface area contributed by atoms with E-state index in [0.717, 1.165) is 44.5 Å². The molecule has 0 amide bonds. The van der Waals surface area contributed by atoms with Crippen molar-refractivity contribution in [3.8, 4) is 0 Å². The Morgan fingerprint density at radius 3 is 2.73 bits per heavy atom. The molecule has 1 aromatic heterocycles. The average molecular weight is 296 g/mol. The van der Waals surface area contributed by atoms with Gasteiger partial charge in [-0.05, 0) is 49.4 Å². The monoisotopic (exact) mass is 296 g/mol. The normalized spacial score (nSPS) is 23.2. The van der Waals surface area contributed by atoms with E-state index in [1.807, 2.05) is 42.7 Å². The van der Waals surface area contributed by atoms with Crippen LogP contribution < -0.4 is 0 Å². The zero-order chi connectivity index (χ0) is 15.4. The zero-order valence-corrected chi connectivity index (χ0v) is 13.2. The van der Waals surface area contributed by atoms with Crippen molar-refractivity contribution in [3.05, 3.63) is 65.5 Å². The second kappa shape index (κ2) is 6.59. The molecule has 22 heavy (non-hydrogen) atoms. The second-order valence-corrected chi connectivity index (χ2v) is 6.40. The number of aromatic nitrogens is 1. The highest BCUT2D eigenvalue weighted by Gasteiger charge is 2.31. The van der Waals surface area contributed by atoms with E-state index in [9.17, 15) is 5.11 Å². The van der Waals surface area contributed by atoms with Crippen LogP contribution in [0.25, 0.3) is 0 Å². The highest BCUT2D eigenvalue weighted by molar-refractivity contribution is 5.22. The van der Waals surface area contributed by atoms with Crippen molar-refractivity contribution in [1.82, 2.24) is 9.88 Å². The molecule has 1 atom stereocenters. The lowest BCUT2D eigenvalue weighted by Gasteiger charge is -2.27. The fraction of sp³-hybridized carbons (Fsp3) is 0.421. The molecule has 3 heteroatoms. The van der Waals surface area contributed by atoms with E-state index >= 15 is 0 Å². The SMILES string of the molecule is Cc1cncc(CN2CCCC(O)(c3ccccc3)CC2)c1. The van der Waals surface area contributed by atoms with Crippen molar-refractivity contribution in [2.45, 2.75) is 38.3 Å². The number of rotatable bonds is 3. The maximum Gasteiger partial charge on any atom is 0.0909 e. The van der Waals surface area contributed by atoms with E-state index in [4.69, 9.17) is 0 Å². The molecule has 3 nitrogen and oxygen atoms in total. The van der Waals surface area contributed by atoms with Crippen LogP contribution in [0.1, 0.15) is 36.0 Å². The fourth-order valence-corrected chi connectivity index (χ4v) is 3.33. The maximum absolute atomic E-state index is 11.0. The third-order valence-corrected chi connectivity index (χ3v) is 4.56. The molecule has 3 rings (SSSR count). The minimum atomic E-state index is -0.680. The minimum absolute atomic E-state index is 0.680. The first-order valence-electron chi connectivity index (χ1n) is 8.06. The van der Waals surface area contributed by atoms with Gasteiger partial charge in [-0.25, -0.2) is 0 Å². The highest BCUT2D eigenvalue weighted by atomic mass is 16.3. The van der Waals surface area contributed by atoms with Gasteiger partial charge in [0.2, 0.25) is 0 Å². The van der Waals surface area contributed by atoms with Crippen LogP contribution >= 0.6 is 0 Å². The van der Waals surface area contributed by atoms with Gasteiger partial charge in [-0.3, -0.25) is 9.88 Å². The second-order valence-electron chi connectivity index (χ2n) is 6.40. The van der Waals surface area contributed by atoms with Crippen LogP contribution in [0.4, 0.5) is 0 Å². The van der Waals surface area contributed by atoms with Gasteiger partial charge < -0.3 is 5.11 Å². The fourth-order valence-electron chi connectivity index (χ4n) is 3.33. The third kappa shape index (κ3) is 3.54. The standard InChI is InChI=1S/C19H24N2O/c1-16-12-17(14-20-13-16)15-21-10-5-8-19(22,9-11-21)18-6-3-2-4-7-18/h2-4,6-7,12-14,22H,5,8-11,15H2,1H3. The van der Waals surface area contributed by atoms with Gasteiger partial charge in [0.1, 0.15) is 0 Å². The molecule has 2 heterocycles. The first kappa shape index (κ1) is 15.2. The summed E-state index contributed by atoms with van der Waals surface area (Å²) in [6.45, 7) is 4.94. The molecular formula is C19H24N2O.